The molecule has 5 nitrogen and oxygen atoms in total. The third kappa shape index (κ3) is 3.18. The lowest BCUT2D eigenvalue weighted by molar-refractivity contribution is -0.141. The predicted octanol–water partition coefficient (Wildman–Crippen LogP) is 2.24. The number of imide groups is 1. The lowest BCUT2D eigenvalue weighted by atomic mass is 9.85. The number of carbonyl (C=O) groups is 3. The van der Waals surface area contributed by atoms with E-state index in [2.05, 4.69) is 0 Å². The topological polar surface area (TPSA) is 63.7 Å². The molecule has 1 aromatic carbocycles. The summed E-state index contributed by atoms with van der Waals surface area (Å²) in [5.41, 5.74) is 0.997. The second-order valence-corrected chi connectivity index (χ2v) is 6.02. The van der Waals surface area contributed by atoms with Crippen molar-refractivity contribution in [2.45, 2.75) is 26.2 Å². The fourth-order valence-corrected chi connectivity index (χ4v) is 3.15. The summed E-state index contributed by atoms with van der Waals surface area (Å²) in [6.45, 7) is 2.00. The van der Waals surface area contributed by atoms with Crippen molar-refractivity contribution in [3.05, 3.63) is 42.0 Å². The summed E-state index contributed by atoms with van der Waals surface area (Å²) in [4.78, 5) is 37.7. The van der Waals surface area contributed by atoms with Crippen LogP contribution in [0.4, 0.5) is 0 Å². The Balaban J connectivity index is 1.57. The van der Waals surface area contributed by atoms with E-state index < -0.39 is 5.97 Å². The van der Waals surface area contributed by atoms with E-state index in [1.165, 1.54) is 4.90 Å². The molecule has 0 aromatic heterocycles. The van der Waals surface area contributed by atoms with Crippen molar-refractivity contribution in [2.75, 3.05) is 6.54 Å². The van der Waals surface area contributed by atoms with Crippen LogP contribution in [0.2, 0.25) is 0 Å². The molecule has 2 amide bonds. The first kappa shape index (κ1) is 15.5. The van der Waals surface area contributed by atoms with Gasteiger partial charge in [-0.25, -0.2) is 0 Å². The van der Waals surface area contributed by atoms with Gasteiger partial charge in [-0.05, 0) is 37.5 Å². The highest BCUT2D eigenvalue weighted by molar-refractivity contribution is 6.05. The molecule has 0 unspecified atom stereocenters. The molecule has 1 aliphatic carbocycles. The summed E-state index contributed by atoms with van der Waals surface area (Å²) in [6, 6.07) is 7.19. The number of esters is 1. The number of hydrogen-bond acceptors (Lipinski definition) is 4. The number of ether oxygens (including phenoxy) is 1. The van der Waals surface area contributed by atoms with Crippen LogP contribution in [0.1, 0.15) is 24.8 Å². The summed E-state index contributed by atoms with van der Waals surface area (Å²) in [5.74, 6) is -0.780. The molecule has 0 N–H and O–H groups in total. The number of likely N-dealkylation sites (tertiary alicyclic amines) is 1. The van der Waals surface area contributed by atoms with E-state index in [4.69, 9.17) is 4.74 Å². The van der Waals surface area contributed by atoms with Gasteiger partial charge in [0.2, 0.25) is 11.8 Å². The minimum atomic E-state index is -0.441. The molecular weight excluding hydrogens is 294 g/mol. The largest absolute Gasteiger partial charge is 0.426 e. The maximum absolute atomic E-state index is 12.3. The summed E-state index contributed by atoms with van der Waals surface area (Å²) < 4.78 is 5.24. The van der Waals surface area contributed by atoms with E-state index in [0.29, 0.717) is 18.6 Å². The van der Waals surface area contributed by atoms with E-state index >= 15 is 0 Å². The van der Waals surface area contributed by atoms with Crippen LogP contribution in [-0.4, -0.2) is 29.2 Å². The number of carbonyl (C=O) groups excluding carboxylic acids is 3. The molecule has 1 aliphatic heterocycles. The average molecular weight is 313 g/mol. The van der Waals surface area contributed by atoms with E-state index in [9.17, 15) is 14.4 Å². The van der Waals surface area contributed by atoms with Gasteiger partial charge in [0.05, 0.1) is 18.3 Å². The van der Waals surface area contributed by atoms with Gasteiger partial charge in [-0.15, -0.1) is 0 Å². The van der Waals surface area contributed by atoms with Gasteiger partial charge in [0.15, 0.2) is 0 Å². The zero-order valence-electron chi connectivity index (χ0n) is 13.0. The Morgan fingerprint density at radius 3 is 2.43 bits per heavy atom. The fraction of sp³-hybridized carbons (Fsp3) is 0.389. The number of nitrogens with zero attached hydrogens (tertiary/aromatic N) is 1. The number of aryl methyl sites for hydroxylation is 1. The van der Waals surface area contributed by atoms with Crippen molar-refractivity contribution in [2.24, 2.45) is 11.8 Å². The predicted molar refractivity (Wildman–Crippen MR) is 83.5 cm³/mol. The second kappa shape index (κ2) is 6.36. The molecule has 3 rings (SSSR count). The van der Waals surface area contributed by atoms with Gasteiger partial charge >= 0.3 is 5.97 Å². The van der Waals surface area contributed by atoms with Crippen LogP contribution in [0.15, 0.2) is 36.4 Å². The number of amides is 2. The molecule has 1 aromatic rings. The number of benzene rings is 1. The zero-order valence-corrected chi connectivity index (χ0v) is 13.0. The maximum atomic E-state index is 12.3. The second-order valence-electron chi connectivity index (χ2n) is 6.02. The molecule has 23 heavy (non-hydrogen) atoms. The lowest BCUT2D eigenvalue weighted by Gasteiger charge is -2.14. The van der Waals surface area contributed by atoms with Crippen LogP contribution in [-0.2, 0) is 14.4 Å². The Labute approximate surface area is 134 Å². The number of hydrogen-bond donors (Lipinski definition) is 0. The van der Waals surface area contributed by atoms with Gasteiger partial charge in [0.1, 0.15) is 5.75 Å². The minimum Gasteiger partial charge on any atom is -0.426 e. The maximum Gasteiger partial charge on any atom is 0.312 e. The third-order valence-corrected chi connectivity index (χ3v) is 4.36. The molecule has 0 radical (unpaired) electrons. The first-order chi connectivity index (χ1) is 11.1. The average Bonchev–Trinajstić information content (AvgIpc) is 2.77. The molecule has 1 fully saturated rings. The number of fused-ring (bicyclic) bond motifs is 1. The quantitative estimate of drug-likeness (QED) is 0.370. The van der Waals surface area contributed by atoms with Crippen molar-refractivity contribution >= 4 is 17.8 Å². The van der Waals surface area contributed by atoms with Crippen LogP contribution in [0.5, 0.6) is 5.75 Å². The highest BCUT2D eigenvalue weighted by atomic mass is 16.5. The number of allylic oxidation sites excluding steroid dienone is 2. The lowest BCUT2D eigenvalue weighted by Crippen LogP contribution is -2.33. The Bertz CT molecular complexity index is 653. The van der Waals surface area contributed by atoms with Gasteiger partial charge < -0.3 is 4.74 Å². The Kier molecular flexibility index (Phi) is 4.28. The SMILES string of the molecule is Cc1cccc(OC(=O)CCN2C(=O)[C@H]3CC=CC[C@H]3C2=O)c1. The molecule has 0 bridgehead atoms. The molecular formula is C18H19NO4. The van der Waals surface area contributed by atoms with Crippen LogP contribution in [0.25, 0.3) is 0 Å². The molecule has 5 heteroatoms. The van der Waals surface area contributed by atoms with Crippen molar-refractivity contribution in [1.82, 2.24) is 4.90 Å². The minimum absolute atomic E-state index is 0.0122. The first-order valence-electron chi connectivity index (χ1n) is 7.84. The highest BCUT2D eigenvalue weighted by Crippen LogP contribution is 2.35. The van der Waals surface area contributed by atoms with Gasteiger partial charge in [0, 0.05) is 6.54 Å². The van der Waals surface area contributed by atoms with Gasteiger partial charge in [-0.2, -0.15) is 0 Å². The Morgan fingerprint density at radius 1 is 1.17 bits per heavy atom. The number of rotatable bonds is 4. The summed E-state index contributed by atoms with van der Waals surface area (Å²) >= 11 is 0. The fourth-order valence-electron chi connectivity index (χ4n) is 3.15. The molecule has 0 spiro atoms. The van der Waals surface area contributed by atoms with Crippen LogP contribution in [0, 0.1) is 18.8 Å². The normalized spacial score (nSPS) is 23.1. The Morgan fingerprint density at radius 2 is 1.83 bits per heavy atom. The van der Waals surface area contributed by atoms with E-state index in [1.54, 1.807) is 12.1 Å². The van der Waals surface area contributed by atoms with Gasteiger partial charge in [-0.3, -0.25) is 19.3 Å². The molecule has 120 valence electrons. The third-order valence-electron chi connectivity index (χ3n) is 4.36. The van der Waals surface area contributed by atoms with Crippen LogP contribution in [0.3, 0.4) is 0 Å². The molecule has 1 heterocycles. The first-order valence-corrected chi connectivity index (χ1v) is 7.84. The van der Waals surface area contributed by atoms with Crippen molar-refractivity contribution in [3.63, 3.8) is 0 Å². The summed E-state index contributed by atoms with van der Waals surface area (Å²) in [5, 5.41) is 0. The van der Waals surface area contributed by atoms with Crippen molar-refractivity contribution in [1.29, 1.82) is 0 Å². The van der Waals surface area contributed by atoms with Crippen molar-refractivity contribution < 1.29 is 19.1 Å². The van der Waals surface area contributed by atoms with Gasteiger partial charge in [-0.1, -0.05) is 24.3 Å². The Hall–Kier alpha value is -2.43. The standard InChI is InChI=1S/C18H19NO4/c1-12-5-4-6-13(11-12)23-16(20)9-10-19-17(21)14-7-2-3-8-15(14)18(19)22/h2-6,11,14-15H,7-10H2,1H3/t14-,15+. The zero-order chi connectivity index (χ0) is 16.4. The summed E-state index contributed by atoms with van der Waals surface area (Å²) in [6.07, 6.45) is 5.13. The molecule has 2 atom stereocenters. The highest BCUT2D eigenvalue weighted by Gasteiger charge is 2.46. The van der Waals surface area contributed by atoms with Crippen LogP contribution < -0.4 is 4.74 Å². The summed E-state index contributed by atoms with van der Waals surface area (Å²) in [7, 11) is 0. The van der Waals surface area contributed by atoms with Crippen LogP contribution >= 0.6 is 0 Å². The molecule has 0 saturated carbocycles. The molecule has 1 saturated heterocycles. The molecule has 2 aliphatic rings. The van der Waals surface area contributed by atoms with E-state index in [0.717, 1.165) is 5.56 Å². The smallest absolute Gasteiger partial charge is 0.312 e. The van der Waals surface area contributed by atoms with Gasteiger partial charge in [0.25, 0.3) is 0 Å². The van der Waals surface area contributed by atoms with E-state index in [-0.39, 0.29) is 36.6 Å². The van der Waals surface area contributed by atoms with Crippen molar-refractivity contribution in [3.8, 4) is 5.75 Å². The monoisotopic (exact) mass is 313 g/mol. The van der Waals surface area contributed by atoms with E-state index in [1.807, 2.05) is 31.2 Å².